The van der Waals surface area contributed by atoms with Crippen LogP contribution in [0.5, 0.6) is 0 Å². The highest BCUT2D eigenvalue weighted by Crippen LogP contribution is 2.36. The van der Waals surface area contributed by atoms with Crippen LogP contribution in [-0.2, 0) is 15.7 Å². The second-order valence-electron chi connectivity index (χ2n) is 6.12. The summed E-state index contributed by atoms with van der Waals surface area (Å²) in [7, 11) is 0. The first-order chi connectivity index (χ1) is 12.4. The summed E-state index contributed by atoms with van der Waals surface area (Å²) in [6, 6.07) is 11.9. The van der Waals surface area contributed by atoms with E-state index in [2.05, 4.69) is 10.6 Å². The smallest absolute Gasteiger partial charge is 0.381 e. The number of rotatable bonds is 4. The van der Waals surface area contributed by atoms with Gasteiger partial charge >= 0.3 is 6.18 Å². The quantitative estimate of drug-likeness (QED) is 0.818. The number of benzene rings is 2. The minimum atomic E-state index is -4.43. The molecule has 1 saturated heterocycles. The van der Waals surface area contributed by atoms with Crippen molar-refractivity contribution in [2.24, 2.45) is 5.92 Å². The summed E-state index contributed by atoms with van der Waals surface area (Å²) in [5.74, 6) is -0.128. The van der Waals surface area contributed by atoms with Crippen LogP contribution in [0.15, 0.2) is 48.5 Å². The van der Waals surface area contributed by atoms with Gasteiger partial charge in [0, 0.05) is 30.5 Å². The van der Waals surface area contributed by atoms with E-state index < -0.39 is 11.7 Å². The molecule has 0 saturated carbocycles. The minimum Gasteiger partial charge on any atom is -0.381 e. The molecule has 4 nitrogen and oxygen atoms in total. The number of anilines is 3. The maximum atomic E-state index is 13.0. The van der Waals surface area contributed by atoms with Crippen molar-refractivity contribution < 1.29 is 22.7 Å². The molecule has 0 aliphatic carbocycles. The van der Waals surface area contributed by atoms with Crippen molar-refractivity contribution in [2.75, 3.05) is 23.8 Å². The van der Waals surface area contributed by atoms with E-state index in [1.807, 2.05) is 0 Å². The van der Waals surface area contributed by atoms with E-state index in [4.69, 9.17) is 4.74 Å². The molecular formula is C19H19F3N2O2. The molecule has 1 amide bonds. The van der Waals surface area contributed by atoms with Gasteiger partial charge < -0.3 is 15.4 Å². The Labute approximate surface area is 149 Å². The van der Waals surface area contributed by atoms with Crippen molar-refractivity contribution in [1.29, 1.82) is 0 Å². The predicted molar refractivity (Wildman–Crippen MR) is 93.3 cm³/mol. The average Bonchev–Trinajstić information content (AvgIpc) is 2.63. The number of alkyl halides is 3. The van der Waals surface area contributed by atoms with Crippen molar-refractivity contribution in [3.63, 3.8) is 0 Å². The van der Waals surface area contributed by atoms with Gasteiger partial charge in [-0.3, -0.25) is 4.79 Å². The van der Waals surface area contributed by atoms with Crippen LogP contribution in [0.4, 0.5) is 30.2 Å². The van der Waals surface area contributed by atoms with E-state index in [0.29, 0.717) is 37.4 Å². The lowest BCUT2D eigenvalue weighted by Gasteiger charge is -2.21. The van der Waals surface area contributed by atoms with E-state index in [-0.39, 0.29) is 17.5 Å². The SMILES string of the molecule is O=C(Nc1ccc(Nc2ccccc2C(F)(F)F)cc1)C1CCOCC1. The zero-order chi connectivity index (χ0) is 18.6. The van der Waals surface area contributed by atoms with Crippen LogP contribution in [0.3, 0.4) is 0 Å². The first-order valence-electron chi connectivity index (χ1n) is 8.35. The molecule has 2 aromatic rings. The van der Waals surface area contributed by atoms with Crippen molar-refractivity contribution in [3.05, 3.63) is 54.1 Å². The largest absolute Gasteiger partial charge is 0.418 e. The first kappa shape index (κ1) is 18.3. The summed E-state index contributed by atoms with van der Waals surface area (Å²) in [4.78, 5) is 12.2. The van der Waals surface area contributed by atoms with Gasteiger partial charge in [-0.05, 0) is 49.2 Å². The molecule has 0 unspecified atom stereocenters. The molecule has 1 fully saturated rings. The zero-order valence-electron chi connectivity index (χ0n) is 14.0. The third-order valence-corrected chi connectivity index (χ3v) is 4.26. The Bertz CT molecular complexity index is 754. The maximum Gasteiger partial charge on any atom is 0.418 e. The highest BCUT2D eigenvalue weighted by atomic mass is 19.4. The number of para-hydroxylation sites is 1. The fourth-order valence-corrected chi connectivity index (χ4v) is 2.84. The molecule has 0 spiro atoms. The molecule has 0 aromatic heterocycles. The Morgan fingerprint density at radius 1 is 0.962 bits per heavy atom. The van der Waals surface area contributed by atoms with Gasteiger partial charge in [-0.1, -0.05) is 12.1 Å². The lowest BCUT2D eigenvalue weighted by Crippen LogP contribution is -2.28. The topological polar surface area (TPSA) is 50.4 Å². The van der Waals surface area contributed by atoms with Crippen LogP contribution in [0.2, 0.25) is 0 Å². The summed E-state index contributed by atoms with van der Waals surface area (Å²) in [6.45, 7) is 1.17. The maximum absolute atomic E-state index is 13.0. The van der Waals surface area contributed by atoms with Crippen molar-refractivity contribution >= 4 is 23.0 Å². The third-order valence-electron chi connectivity index (χ3n) is 4.26. The molecule has 1 heterocycles. The van der Waals surface area contributed by atoms with E-state index >= 15 is 0 Å². The summed E-state index contributed by atoms with van der Waals surface area (Å²) in [5.41, 5.74) is 0.373. The Balaban J connectivity index is 1.66. The molecule has 26 heavy (non-hydrogen) atoms. The second kappa shape index (κ2) is 7.78. The minimum absolute atomic E-state index is 0.0148. The number of hydrogen-bond acceptors (Lipinski definition) is 3. The number of amides is 1. The van der Waals surface area contributed by atoms with Crippen molar-refractivity contribution in [1.82, 2.24) is 0 Å². The molecule has 1 aliphatic rings. The summed E-state index contributed by atoms with van der Waals surface area (Å²) in [5, 5.41) is 5.61. The Hall–Kier alpha value is -2.54. The molecule has 2 aromatic carbocycles. The van der Waals surface area contributed by atoms with Gasteiger partial charge in [0.25, 0.3) is 0 Å². The Kier molecular flexibility index (Phi) is 5.46. The molecule has 138 valence electrons. The van der Waals surface area contributed by atoms with E-state index in [1.54, 1.807) is 30.3 Å². The van der Waals surface area contributed by atoms with Gasteiger partial charge in [0.1, 0.15) is 0 Å². The molecule has 0 atom stereocenters. The molecular weight excluding hydrogens is 345 g/mol. The second-order valence-corrected chi connectivity index (χ2v) is 6.12. The molecule has 1 aliphatic heterocycles. The number of carbonyl (C=O) groups is 1. The fraction of sp³-hybridized carbons (Fsp3) is 0.316. The lowest BCUT2D eigenvalue weighted by molar-refractivity contribution is -0.137. The zero-order valence-corrected chi connectivity index (χ0v) is 14.0. The third kappa shape index (κ3) is 4.54. The van der Waals surface area contributed by atoms with Gasteiger partial charge in [0.15, 0.2) is 0 Å². The number of halogens is 3. The number of ether oxygens (including phenoxy) is 1. The highest BCUT2D eigenvalue weighted by molar-refractivity contribution is 5.92. The molecule has 7 heteroatoms. The van der Waals surface area contributed by atoms with Crippen LogP contribution >= 0.6 is 0 Å². The molecule has 0 bridgehead atoms. The van der Waals surface area contributed by atoms with Crippen LogP contribution in [-0.4, -0.2) is 19.1 Å². The van der Waals surface area contributed by atoms with Crippen molar-refractivity contribution in [2.45, 2.75) is 19.0 Å². The number of carbonyl (C=O) groups excluding carboxylic acids is 1. The van der Waals surface area contributed by atoms with E-state index in [0.717, 1.165) is 6.07 Å². The first-order valence-corrected chi connectivity index (χ1v) is 8.35. The molecule has 2 N–H and O–H groups in total. The van der Waals surface area contributed by atoms with Crippen LogP contribution in [0, 0.1) is 5.92 Å². The van der Waals surface area contributed by atoms with Crippen LogP contribution in [0.1, 0.15) is 18.4 Å². The summed E-state index contributed by atoms with van der Waals surface area (Å²) < 4.78 is 44.4. The van der Waals surface area contributed by atoms with Crippen molar-refractivity contribution in [3.8, 4) is 0 Å². The summed E-state index contributed by atoms with van der Waals surface area (Å²) in [6.07, 6.45) is -3.04. The summed E-state index contributed by atoms with van der Waals surface area (Å²) >= 11 is 0. The van der Waals surface area contributed by atoms with E-state index in [9.17, 15) is 18.0 Å². The normalized spacial score (nSPS) is 15.5. The van der Waals surface area contributed by atoms with Gasteiger partial charge in [0.2, 0.25) is 5.91 Å². The fourth-order valence-electron chi connectivity index (χ4n) is 2.84. The predicted octanol–water partition coefficient (Wildman–Crippen LogP) is 4.81. The van der Waals surface area contributed by atoms with Gasteiger partial charge in [-0.25, -0.2) is 0 Å². The van der Waals surface area contributed by atoms with E-state index in [1.165, 1.54) is 12.1 Å². The monoisotopic (exact) mass is 364 g/mol. The molecule has 3 rings (SSSR count). The average molecular weight is 364 g/mol. The standard InChI is InChI=1S/C19H19F3N2O2/c20-19(21,22)16-3-1-2-4-17(16)23-14-5-7-15(8-6-14)24-18(25)13-9-11-26-12-10-13/h1-8,13,23H,9-12H2,(H,24,25). The Morgan fingerprint density at radius 3 is 2.23 bits per heavy atom. The number of nitrogens with one attached hydrogen (secondary N) is 2. The lowest BCUT2D eigenvalue weighted by atomic mass is 9.99. The van der Waals surface area contributed by atoms with Gasteiger partial charge in [0.05, 0.1) is 11.3 Å². The molecule has 0 radical (unpaired) electrons. The number of hydrogen-bond donors (Lipinski definition) is 2. The van der Waals surface area contributed by atoms with Gasteiger partial charge in [-0.15, -0.1) is 0 Å². The van der Waals surface area contributed by atoms with Gasteiger partial charge in [-0.2, -0.15) is 13.2 Å². The van der Waals surface area contributed by atoms with Crippen LogP contribution in [0.25, 0.3) is 0 Å². The Morgan fingerprint density at radius 2 is 1.58 bits per heavy atom. The van der Waals surface area contributed by atoms with Crippen LogP contribution < -0.4 is 10.6 Å². The highest BCUT2D eigenvalue weighted by Gasteiger charge is 2.33.